The molecule has 0 heterocycles. The van der Waals surface area contributed by atoms with Gasteiger partial charge in [-0.1, -0.05) is 18.6 Å². The van der Waals surface area contributed by atoms with Crippen molar-refractivity contribution in [1.82, 2.24) is 0 Å². The van der Waals surface area contributed by atoms with Gasteiger partial charge < -0.3 is 0 Å². The zero-order chi connectivity index (χ0) is 8.32. The van der Waals surface area contributed by atoms with Gasteiger partial charge in [-0.25, -0.2) is 8.78 Å². The molecule has 1 aliphatic rings. The molecule has 0 amide bonds. The molecular formula is C9H14F2. The van der Waals surface area contributed by atoms with Crippen LogP contribution in [0.5, 0.6) is 0 Å². The Balaban J connectivity index is 2.42. The Hall–Kier alpha value is -0.400. The normalized spacial score (nSPS) is 23.4. The van der Waals surface area contributed by atoms with Gasteiger partial charge in [-0.2, -0.15) is 0 Å². The lowest BCUT2D eigenvalue weighted by atomic mass is 9.91. The van der Waals surface area contributed by atoms with Crippen LogP contribution in [-0.2, 0) is 0 Å². The van der Waals surface area contributed by atoms with Crippen molar-refractivity contribution < 1.29 is 8.78 Å². The molecule has 0 unspecified atom stereocenters. The molecule has 0 aromatic rings. The van der Waals surface area contributed by atoms with E-state index in [0.717, 1.165) is 6.42 Å². The van der Waals surface area contributed by atoms with E-state index in [1.165, 1.54) is 5.57 Å². The highest BCUT2D eigenvalue weighted by atomic mass is 19.3. The third kappa shape index (κ3) is 2.60. The van der Waals surface area contributed by atoms with E-state index in [1.54, 1.807) is 0 Å². The van der Waals surface area contributed by atoms with Gasteiger partial charge in [0.2, 0.25) is 5.92 Å². The standard InChI is InChI=1S/C9H14F2/c1-2-3-8-4-6-9(10,11)7-5-8/h3H,2,4-7H2,1H3. The van der Waals surface area contributed by atoms with Gasteiger partial charge in [-0.3, -0.25) is 0 Å². The summed E-state index contributed by atoms with van der Waals surface area (Å²) in [6, 6.07) is 0. The predicted molar refractivity (Wildman–Crippen MR) is 41.8 cm³/mol. The first-order chi connectivity index (χ1) is 5.14. The first-order valence-electron chi connectivity index (χ1n) is 4.20. The molecule has 0 aliphatic heterocycles. The highest BCUT2D eigenvalue weighted by Gasteiger charge is 2.32. The second-order valence-electron chi connectivity index (χ2n) is 3.13. The Morgan fingerprint density at radius 2 is 1.91 bits per heavy atom. The van der Waals surface area contributed by atoms with Crippen molar-refractivity contribution in [1.29, 1.82) is 0 Å². The molecule has 1 aliphatic carbocycles. The van der Waals surface area contributed by atoms with Gasteiger partial charge in [0, 0.05) is 12.8 Å². The van der Waals surface area contributed by atoms with Crippen LogP contribution in [0.1, 0.15) is 39.0 Å². The van der Waals surface area contributed by atoms with Crippen LogP contribution in [0.3, 0.4) is 0 Å². The molecule has 2 heteroatoms. The maximum Gasteiger partial charge on any atom is 0.248 e. The maximum absolute atomic E-state index is 12.6. The topological polar surface area (TPSA) is 0 Å². The van der Waals surface area contributed by atoms with E-state index in [0.29, 0.717) is 12.8 Å². The van der Waals surface area contributed by atoms with Crippen LogP contribution in [0.15, 0.2) is 11.6 Å². The van der Waals surface area contributed by atoms with E-state index in [4.69, 9.17) is 0 Å². The van der Waals surface area contributed by atoms with Gasteiger partial charge >= 0.3 is 0 Å². The van der Waals surface area contributed by atoms with Crippen molar-refractivity contribution in [3.05, 3.63) is 11.6 Å². The third-order valence-electron chi connectivity index (χ3n) is 2.12. The summed E-state index contributed by atoms with van der Waals surface area (Å²) in [6.45, 7) is 2.04. The Kier molecular flexibility index (Phi) is 2.63. The highest BCUT2D eigenvalue weighted by Crippen LogP contribution is 2.35. The molecular weight excluding hydrogens is 146 g/mol. The van der Waals surface area contributed by atoms with E-state index >= 15 is 0 Å². The molecule has 0 atom stereocenters. The number of hydrogen-bond acceptors (Lipinski definition) is 0. The minimum absolute atomic E-state index is 0.0544. The summed E-state index contributed by atoms with van der Waals surface area (Å²) in [7, 11) is 0. The Morgan fingerprint density at radius 3 is 2.36 bits per heavy atom. The molecule has 1 rings (SSSR count). The summed E-state index contributed by atoms with van der Waals surface area (Å²) in [6.07, 6.45) is 4.36. The first kappa shape index (κ1) is 8.69. The van der Waals surface area contributed by atoms with Crippen LogP contribution >= 0.6 is 0 Å². The van der Waals surface area contributed by atoms with Crippen LogP contribution in [0.2, 0.25) is 0 Å². The average molecular weight is 160 g/mol. The molecule has 11 heavy (non-hydrogen) atoms. The maximum atomic E-state index is 12.6. The molecule has 0 bridgehead atoms. The molecule has 0 aromatic heterocycles. The monoisotopic (exact) mass is 160 g/mol. The van der Waals surface area contributed by atoms with Crippen molar-refractivity contribution >= 4 is 0 Å². The fourth-order valence-corrected chi connectivity index (χ4v) is 1.43. The van der Waals surface area contributed by atoms with Crippen molar-refractivity contribution in [3.8, 4) is 0 Å². The smallest absolute Gasteiger partial charge is 0.207 e. The van der Waals surface area contributed by atoms with E-state index < -0.39 is 5.92 Å². The SMILES string of the molecule is CCC=C1CCC(F)(F)CC1. The number of rotatable bonds is 1. The number of alkyl halides is 2. The summed E-state index contributed by atoms with van der Waals surface area (Å²) >= 11 is 0. The molecule has 1 fully saturated rings. The summed E-state index contributed by atoms with van der Waals surface area (Å²) in [4.78, 5) is 0. The number of hydrogen-bond donors (Lipinski definition) is 0. The minimum atomic E-state index is -2.38. The molecule has 0 nitrogen and oxygen atoms in total. The lowest BCUT2D eigenvalue weighted by Gasteiger charge is -2.23. The molecule has 0 aromatic carbocycles. The molecule has 1 saturated carbocycles. The van der Waals surface area contributed by atoms with Crippen molar-refractivity contribution in [2.24, 2.45) is 0 Å². The molecule has 0 spiro atoms. The summed E-state index contributed by atoms with van der Waals surface area (Å²) in [5.74, 6) is -2.38. The van der Waals surface area contributed by atoms with Crippen LogP contribution in [0.25, 0.3) is 0 Å². The second-order valence-corrected chi connectivity index (χ2v) is 3.13. The van der Waals surface area contributed by atoms with Crippen LogP contribution in [-0.4, -0.2) is 5.92 Å². The molecule has 0 saturated heterocycles. The predicted octanol–water partition coefficient (Wildman–Crippen LogP) is 3.53. The second kappa shape index (κ2) is 3.33. The van der Waals surface area contributed by atoms with Crippen LogP contribution < -0.4 is 0 Å². The largest absolute Gasteiger partial charge is 0.248 e. The van der Waals surface area contributed by atoms with Gasteiger partial charge in [-0.15, -0.1) is 0 Å². The van der Waals surface area contributed by atoms with Crippen LogP contribution in [0.4, 0.5) is 8.78 Å². The Morgan fingerprint density at radius 1 is 1.36 bits per heavy atom. The fourth-order valence-electron chi connectivity index (χ4n) is 1.43. The van der Waals surface area contributed by atoms with E-state index in [-0.39, 0.29) is 12.8 Å². The Bertz CT molecular complexity index is 147. The zero-order valence-electron chi connectivity index (χ0n) is 6.87. The Labute approximate surface area is 66.3 Å². The van der Waals surface area contributed by atoms with Gasteiger partial charge in [-0.05, 0) is 19.3 Å². The fraction of sp³-hybridized carbons (Fsp3) is 0.778. The van der Waals surface area contributed by atoms with Crippen molar-refractivity contribution in [2.45, 2.75) is 45.0 Å². The third-order valence-corrected chi connectivity index (χ3v) is 2.12. The quantitative estimate of drug-likeness (QED) is 0.515. The lowest BCUT2D eigenvalue weighted by molar-refractivity contribution is -0.0246. The zero-order valence-corrected chi connectivity index (χ0v) is 6.87. The lowest BCUT2D eigenvalue weighted by Crippen LogP contribution is -2.20. The van der Waals surface area contributed by atoms with Gasteiger partial charge in [0.25, 0.3) is 0 Å². The number of halogens is 2. The van der Waals surface area contributed by atoms with Crippen LogP contribution in [0, 0.1) is 0 Å². The summed E-state index contributed by atoms with van der Waals surface area (Å²) in [5, 5.41) is 0. The number of allylic oxidation sites excluding steroid dienone is 2. The first-order valence-corrected chi connectivity index (χ1v) is 4.20. The van der Waals surface area contributed by atoms with Gasteiger partial charge in [0.05, 0.1) is 0 Å². The molecule has 0 radical (unpaired) electrons. The van der Waals surface area contributed by atoms with Gasteiger partial charge in [0.15, 0.2) is 0 Å². The highest BCUT2D eigenvalue weighted by molar-refractivity contribution is 5.06. The van der Waals surface area contributed by atoms with Crippen molar-refractivity contribution in [2.75, 3.05) is 0 Å². The average Bonchev–Trinajstić information content (AvgIpc) is 1.94. The summed E-state index contributed by atoms with van der Waals surface area (Å²) < 4.78 is 25.2. The van der Waals surface area contributed by atoms with Crippen molar-refractivity contribution in [3.63, 3.8) is 0 Å². The summed E-state index contributed by atoms with van der Waals surface area (Å²) in [5.41, 5.74) is 1.22. The van der Waals surface area contributed by atoms with Gasteiger partial charge in [0.1, 0.15) is 0 Å². The molecule has 0 N–H and O–H groups in total. The molecule has 64 valence electrons. The minimum Gasteiger partial charge on any atom is -0.207 e. The van der Waals surface area contributed by atoms with E-state index in [1.807, 2.05) is 6.92 Å². The van der Waals surface area contributed by atoms with E-state index in [2.05, 4.69) is 6.08 Å². The van der Waals surface area contributed by atoms with E-state index in [9.17, 15) is 8.78 Å².